The summed E-state index contributed by atoms with van der Waals surface area (Å²) in [5.74, 6) is 0.926. The van der Waals surface area contributed by atoms with Gasteiger partial charge in [-0.25, -0.2) is 4.79 Å². The zero-order chi connectivity index (χ0) is 45.3. The fraction of sp³-hybridized carbons (Fsp3) is 0.569. The molecule has 0 fully saturated rings. The van der Waals surface area contributed by atoms with Gasteiger partial charge < -0.3 is 29.4 Å². The van der Waals surface area contributed by atoms with E-state index in [4.69, 9.17) is 24.5 Å². The Kier molecular flexibility index (Phi) is 29.0. The minimum absolute atomic E-state index is 0.00677. The monoisotopic (exact) mass is 878 g/mol. The predicted molar refractivity (Wildman–Crippen MR) is 257 cm³/mol. The molecule has 0 aliphatic carbocycles. The molecule has 1 heterocycles. The van der Waals surface area contributed by atoms with Crippen LogP contribution in [0.3, 0.4) is 0 Å². The molecule has 1 aromatic heterocycles. The number of hydrogen-bond acceptors (Lipinski definition) is 8. The van der Waals surface area contributed by atoms with E-state index in [1.165, 1.54) is 87.5 Å². The lowest BCUT2D eigenvalue weighted by molar-refractivity contribution is -0.0635. The third kappa shape index (κ3) is 21.2. The maximum Gasteiger partial charge on any atom is 0.353 e. The Bertz CT molecular complexity index is 1680. The normalized spacial score (nSPS) is 12.8. The molecule has 0 aliphatic rings. The molecule has 0 aliphatic heterocycles. The van der Waals surface area contributed by atoms with Gasteiger partial charge in [0.25, 0.3) is 0 Å². The van der Waals surface area contributed by atoms with Crippen LogP contribution in [0.5, 0.6) is 0 Å². The number of hydrogen-bond donors (Lipinski definition) is 2. The van der Waals surface area contributed by atoms with Crippen molar-refractivity contribution in [3.8, 4) is 0 Å². The largest absolute Gasteiger partial charge is 0.383 e. The highest BCUT2D eigenvalue weighted by atomic mass is 31.2. The van der Waals surface area contributed by atoms with Crippen LogP contribution >= 0.6 is 7.60 Å². The Hall–Kier alpha value is -3.63. The maximum absolute atomic E-state index is 13.2. The summed E-state index contributed by atoms with van der Waals surface area (Å²) < 4.78 is 38.7. The Morgan fingerprint density at radius 3 is 1.58 bits per heavy atom. The third-order valence-corrected chi connectivity index (χ3v) is 11.4. The van der Waals surface area contributed by atoms with Gasteiger partial charge in [-0.3, -0.25) is 9.13 Å². The topological polar surface area (TPSA) is 135 Å². The molecule has 3 N–H and O–H groups in total. The van der Waals surface area contributed by atoms with E-state index in [1.54, 1.807) is 0 Å². The van der Waals surface area contributed by atoms with Crippen LogP contribution in [-0.2, 0) is 35.4 Å². The Morgan fingerprint density at radius 1 is 0.661 bits per heavy atom. The number of benzene rings is 3. The van der Waals surface area contributed by atoms with Gasteiger partial charge in [-0.1, -0.05) is 210 Å². The quantitative estimate of drug-likeness (QED) is 0.0288. The summed E-state index contributed by atoms with van der Waals surface area (Å²) in [5, 5.41) is 0. The van der Waals surface area contributed by atoms with Gasteiger partial charge in [-0.2, -0.15) is 4.98 Å². The van der Waals surface area contributed by atoms with Crippen molar-refractivity contribution in [2.75, 3.05) is 38.5 Å². The van der Waals surface area contributed by atoms with Gasteiger partial charge in [0.05, 0.1) is 25.9 Å². The fourth-order valence-electron chi connectivity index (χ4n) is 7.17. The summed E-state index contributed by atoms with van der Waals surface area (Å²) >= 11 is 0. The van der Waals surface area contributed by atoms with Crippen LogP contribution in [0.2, 0.25) is 0 Å². The van der Waals surface area contributed by atoms with Crippen molar-refractivity contribution < 1.29 is 28.2 Å². The average Bonchev–Trinajstić information content (AvgIpc) is 3.29. The molecule has 346 valence electrons. The predicted octanol–water partition coefficient (Wildman–Crippen LogP) is 12.6. The first kappa shape index (κ1) is 54.5. The Balaban J connectivity index is 0.00000321. The molecule has 2 unspecified atom stereocenters. The second kappa shape index (κ2) is 33.0. The van der Waals surface area contributed by atoms with Crippen molar-refractivity contribution in [1.29, 1.82) is 0 Å². The second-order valence-corrected chi connectivity index (χ2v) is 17.4. The first-order valence-corrected chi connectivity index (χ1v) is 25.2. The Morgan fingerprint density at radius 2 is 1.11 bits per heavy atom. The van der Waals surface area contributed by atoms with Crippen LogP contribution in [0.15, 0.2) is 108 Å². The van der Waals surface area contributed by atoms with Gasteiger partial charge in [0.1, 0.15) is 17.8 Å². The lowest BCUT2D eigenvalue weighted by atomic mass is 9.80. The van der Waals surface area contributed by atoms with Crippen LogP contribution < -0.4 is 11.4 Å². The molecule has 0 radical (unpaired) electrons. The minimum Gasteiger partial charge on any atom is -0.383 e. The number of anilines is 1. The number of ether oxygens (including phenoxy) is 3. The number of aromatic nitrogens is 2. The van der Waals surface area contributed by atoms with Crippen LogP contribution in [0.25, 0.3) is 0 Å². The van der Waals surface area contributed by atoms with Gasteiger partial charge in [0.15, 0.2) is 0 Å². The van der Waals surface area contributed by atoms with Gasteiger partial charge in [0.2, 0.25) is 0 Å². The lowest BCUT2D eigenvalue weighted by Gasteiger charge is -2.37. The van der Waals surface area contributed by atoms with Crippen LogP contribution in [-0.4, -0.2) is 53.3 Å². The standard InChI is InChI=1S/C47H68N3O7P.2C2H6/c1-40(2)25-16-11-9-7-5-3-4-6-8-10-12-23-34-54-35-24-36-57-58(52,53)39-55-44(37-50-33-32-45(48)49-46(50)51)38-56-47(41-26-17-13-18-27-41,42-28-19-14-20-29-42)43-30-21-15-22-31-43;2*1-2/h13-15,17-22,26-33,40,44H,3-12,16,23-25,34-39H2,1-2H3,(H,52,53)(H2,48,49,51);2*1-2H3. The van der Waals surface area contributed by atoms with Crippen molar-refractivity contribution in [3.05, 3.63) is 130 Å². The second-order valence-electron chi connectivity index (χ2n) is 15.7. The Labute approximate surface area is 374 Å². The summed E-state index contributed by atoms with van der Waals surface area (Å²) in [7, 11) is -4.16. The van der Waals surface area contributed by atoms with Gasteiger partial charge >= 0.3 is 13.3 Å². The van der Waals surface area contributed by atoms with Gasteiger partial charge in [0, 0.05) is 19.4 Å². The van der Waals surface area contributed by atoms with Gasteiger partial charge in [-0.15, -0.1) is 0 Å². The van der Waals surface area contributed by atoms with Gasteiger partial charge in [-0.05, 0) is 41.5 Å². The molecule has 4 aromatic rings. The number of nitrogens with zero attached hydrogens (tertiary/aromatic N) is 2. The molecular formula is C51H80N3O7P. The minimum atomic E-state index is -4.16. The molecule has 2 atom stereocenters. The zero-order valence-corrected chi connectivity index (χ0v) is 39.8. The van der Waals surface area contributed by atoms with Crippen molar-refractivity contribution in [2.24, 2.45) is 5.92 Å². The zero-order valence-electron chi connectivity index (χ0n) is 38.9. The van der Waals surface area contributed by atoms with E-state index in [0.717, 1.165) is 35.4 Å². The first-order chi connectivity index (χ1) is 30.2. The van der Waals surface area contributed by atoms with Crippen LogP contribution in [0, 0.1) is 5.92 Å². The highest BCUT2D eigenvalue weighted by Crippen LogP contribution is 2.43. The van der Waals surface area contributed by atoms with E-state index in [2.05, 4.69) is 18.8 Å². The van der Waals surface area contributed by atoms with Crippen molar-refractivity contribution in [2.45, 2.75) is 150 Å². The fourth-order valence-corrected chi connectivity index (χ4v) is 8.06. The molecule has 11 heteroatoms. The number of nitrogens with two attached hydrogens (primary N) is 1. The molecule has 0 amide bonds. The molecular weight excluding hydrogens is 798 g/mol. The summed E-state index contributed by atoms with van der Waals surface area (Å²) in [6, 6.07) is 31.1. The first-order valence-electron chi connectivity index (χ1n) is 23.5. The van der Waals surface area contributed by atoms with Crippen molar-refractivity contribution in [1.82, 2.24) is 9.55 Å². The molecule has 62 heavy (non-hydrogen) atoms. The van der Waals surface area contributed by atoms with E-state index < -0.39 is 31.3 Å². The molecule has 4 rings (SSSR count). The maximum atomic E-state index is 13.2. The number of nitrogen functional groups attached to an aromatic ring is 1. The van der Waals surface area contributed by atoms with Crippen molar-refractivity contribution in [3.63, 3.8) is 0 Å². The number of rotatable bonds is 31. The highest BCUT2D eigenvalue weighted by Gasteiger charge is 2.38. The summed E-state index contributed by atoms with van der Waals surface area (Å²) in [6.07, 6.45) is 17.5. The molecule has 10 nitrogen and oxygen atoms in total. The summed E-state index contributed by atoms with van der Waals surface area (Å²) in [6.45, 7) is 13.7. The molecule has 0 saturated carbocycles. The summed E-state index contributed by atoms with van der Waals surface area (Å²) in [4.78, 5) is 27.4. The molecule has 0 spiro atoms. The smallest absolute Gasteiger partial charge is 0.353 e. The number of unbranched alkanes of at least 4 members (excludes halogenated alkanes) is 11. The molecule has 0 saturated heterocycles. The lowest BCUT2D eigenvalue weighted by Crippen LogP contribution is -2.39. The average molecular weight is 878 g/mol. The van der Waals surface area contributed by atoms with E-state index in [0.29, 0.717) is 19.6 Å². The SMILES string of the molecule is CC.CC.CC(C)CCCCCCCCCCCCCCOCCCOP(=O)(O)COC(COC(c1ccccc1)(c1ccccc1)c1ccccc1)Cn1ccc(N)nc1=O. The van der Waals surface area contributed by atoms with E-state index in [9.17, 15) is 14.3 Å². The van der Waals surface area contributed by atoms with E-state index >= 15 is 0 Å². The molecule has 3 aromatic carbocycles. The highest BCUT2D eigenvalue weighted by molar-refractivity contribution is 7.52. The van der Waals surface area contributed by atoms with E-state index in [1.807, 2.05) is 119 Å². The van der Waals surface area contributed by atoms with Crippen LogP contribution in [0.4, 0.5) is 5.82 Å². The van der Waals surface area contributed by atoms with E-state index in [-0.39, 0.29) is 25.6 Å². The third-order valence-electron chi connectivity index (χ3n) is 10.3. The van der Waals surface area contributed by atoms with Crippen molar-refractivity contribution >= 4 is 13.4 Å². The van der Waals surface area contributed by atoms with Crippen LogP contribution in [0.1, 0.15) is 148 Å². The molecule has 0 bridgehead atoms. The summed E-state index contributed by atoms with van der Waals surface area (Å²) in [5.41, 5.74) is 6.77.